The second-order valence-electron chi connectivity index (χ2n) is 8.55. The summed E-state index contributed by atoms with van der Waals surface area (Å²) in [5, 5.41) is 13.6. The Morgan fingerprint density at radius 2 is 1.94 bits per heavy atom. The molecule has 2 N–H and O–H groups in total. The summed E-state index contributed by atoms with van der Waals surface area (Å²) in [4.78, 5) is 14.6. The zero-order chi connectivity index (χ0) is 22.6. The number of alkyl halides is 3. The van der Waals surface area contributed by atoms with Gasteiger partial charge in [0.05, 0.1) is 28.8 Å². The highest BCUT2D eigenvalue weighted by Crippen LogP contribution is 2.51. The molecule has 0 amide bonds. The van der Waals surface area contributed by atoms with Crippen molar-refractivity contribution in [1.29, 1.82) is 5.26 Å². The third-order valence-electron chi connectivity index (χ3n) is 5.71. The number of nitriles is 1. The molecule has 2 aromatic rings. The molecule has 0 fully saturated rings. The first-order valence-corrected chi connectivity index (χ1v) is 10.6. The molecule has 0 radical (unpaired) electrons. The molecule has 1 aliphatic carbocycles. The van der Waals surface area contributed by atoms with Gasteiger partial charge < -0.3 is 5.73 Å². The van der Waals surface area contributed by atoms with E-state index < -0.39 is 23.1 Å². The second kappa shape index (κ2) is 7.27. The summed E-state index contributed by atoms with van der Waals surface area (Å²) in [6.07, 6.45) is -4.01. The monoisotopic (exact) mass is 443 g/mol. The Morgan fingerprint density at radius 1 is 1.23 bits per heavy atom. The first-order chi connectivity index (χ1) is 14.5. The molecule has 1 aromatic carbocycles. The van der Waals surface area contributed by atoms with Gasteiger partial charge in [-0.2, -0.15) is 29.8 Å². The molecule has 0 spiro atoms. The van der Waals surface area contributed by atoms with E-state index in [1.54, 1.807) is 0 Å². The molecular weight excluding hydrogens is 423 g/mol. The third kappa shape index (κ3) is 3.53. The summed E-state index contributed by atoms with van der Waals surface area (Å²) in [5.74, 6) is -0.916. The molecule has 0 unspecified atom stereocenters. The summed E-state index contributed by atoms with van der Waals surface area (Å²) in [6, 6.07) is 9.00. The number of anilines is 1. The highest BCUT2D eigenvalue weighted by atomic mass is 32.1. The van der Waals surface area contributed by atoms with Gasteiger partial charge in [0.25, 0.3) is 0 Å². The van der Waals surface area contributed by atoms with Gasteiger partial charge in [0.2, 0.25) is 0 Å². The van der Waals surface area contributed by atoms with Crippen molar-refractivity contribution in [2.75, 3.05) is 4.90 Å². The number of hydrogen-bond donors (Lipinski definition) is 1. The highest BCUT2D eigenvalue weighted by molar-refractivity contribution is 7.08. The average molecular weight is 443 g/mol. The van der Waals surface area contributed by atoms with Crippen molar-refractivity contribution in [3.05, 3.63) is 74.9 Å². The summed E-state index contributed by atoms with van der Waals surface area (Å²) < 4.78 is 41.5. The number of para-hydroxylation sites is 1. The zero-order valence-electron chi connectivity index (χ0n) is 17.0. The van der Waals surface area contributed by atoms with E-state index in [-0.39, 0.29) is 29.3 Å². The van der Waals surface area contributed by atoms with E-state index in [1.807, 2.05) is 30.7 Å². The number of nitrogens with zero attached hydrogens (tertiary/aromatic N) is 2. The van der Waals surface area contributed by atoms with Gasteiger partial charge in [0.1, 0.15) is 5.82 Å². The molecule has 0 bridgehead atoms. The minimum absolute atomic E-state index is 0.0698. The van der Waals surface area contributed by atoms with Crippen molar-refractivity contribution in [1.82, 2.24) is 0 Å². The normalized spacial score (nSPS) is 21.2. The number of allylic oxidation sites excluding steroid dienone is 3. The molecule has 4 rings (SSSR count). The van der Waals surface area contributed by atoms with Crippen LogP contribution in [0.1, 0.15) is 43.7 Å². The van der Waals surface area contributed by atoms with Crippen LogP contribution in [0.15, 0.2) is 63.8 Å². The van der Waals surface area contributed by atoms with Gasteiger partial charge in [0, 0.05) is 17.7 Å². The predicted molar refractivity (Wildman–Crippen MR) is 113 cm³/mol. The van der Waals surface area contributed by atoms with Crippen molar-refractivity contribution in [3.63, 3.8) is 0 Å². The van der Waals surface area contributed by atoms with E-state index in [1.165, 1.54) is 34.4 Å². The molecule has 160 valence electrons. The summed E-state index contributed by atoms with van der Waals surface area (Å²) in [6.45, 7) is 3.81. The lowest BCUT2D eigenvalue weighted by molar-refractivity contribution is -0.137. The number of halogens is 3. The first kappa shape index (κ1) is 21.2. The molecule has 31 heavy (non-hydrogen) atoms. The third-order valence-corrected chi connectivity index (χ3v) is 6.41. The number of hydrogen-bond acceptors (Lipinski definition) is 5. The lowest BCUT2D eigenvalue weighted by atomic mass is 9.69. The molecule has 4 nitrogen and oxygen atoms in total. The Kier molecular flexibility index (Phi) is 4.97. The number of ketones is 1. The van der Waals surface area contributed by atoms with Gasteiger partial charge in [-0.1, -0.05) is 26.0 Å². The van der Waals surface area contributed by atoms with Crippen LogP contribution in [0.5, 0.6) is 0 Å². The van der Waals surface area contributed by atoms with Crippen LogP contribution in [0, 0.1) is 16.7 Å². The van der Waals surface area contributed by atoms with Crippen molar-refractivity contribution in [2.24, 2.45) is 11.1 Å². The average Bonchev–Trinajstić information content (AvgIpc) is 3.20. The maximum Gasteiger partial charge on any atom is 0.418 e. The second-order valence-corrected chi connectivity index (χ2v) is 9.33. The fourth-order valence-corrected chi connectivity index (χ4v) is 5.15. The van der Waals surface area contributed by atoms with E-state index in [0.717, 1.165) is 11.6 Å². The van der Waals surface area contributed by atoms with E-state index in [2.05, 4.69) is 6.07 Å². The molecule has 0 saturated carbocycles. The maximum atomic E-state index is 13.8. The SMILES string of the molecule is CC1(C)CC(=O)C2=C(C1)N(c1ccccc1C(F)(F)F)C(N)=C(C#N)[C@@H]2c1ccsc1. The van der Waals surface area contributed by atoms with Gasteiger partial charge in [-0.05, 0) is 46.4 Å². The van der Waals surface area contributed by atoms with Crippen LogP contribution in [0.2, 0.25) is 0 Å². The zero-order valence-corrected chi connectivity index (χ0v) is 17.8. The van der Waals surface area contributed by atoms with E-state index >= 15 is 0 Å². The van der Waals surface area contributed by atoms with Gasteiger partial charge in [0.15, 0.2) is 5.78 Å². The lowest BCUT2D eigenvalue weighted by Crippen LogP contribution is -2.42. The molecule has 2 aliphatic rings. The predicted octanol–water partition coefficient (Wildman–Crippen LogP) is 5.71. The number of nitrogens with two attached hydrogens (primary N) is 1. The van der Waals surface area contributed by atoms with Crippen LogP contribution < -0.4 is 10.6 Å². The maximum absolute atomic E-state index is 13.8. The topological polar surface area (TPSA) is 70.1 Å². The van der Waals surface area contributed by atoms with Gasteiger partial charge in [-0.25, -0.2) is 0 Å². The van der Waals surface area contributed by atoms with Crippen LogP contribution in [0.4, 0.5) is 18.9 Å². The first-order valence-electron chi connectivity index (χ1n) is 9.69. The number of carbonyl (C=O) groups excluding carboxylic acids is 1. The lowest BCUT2D eigenvalue weighted by Gasteiger charge is -2.44. The summed E-state index contributed by atoms with van der Waals surface area (Å²) in [5.41, 5.74) is 6.52. The van der Waals surface area contributed by atoms with E-state index in [0.29, 0.717) is 17.7 Å². The minimum atomic E-state index is -4.62. The number of benzene rings is 1. The Bertz CT molecular complexity index is 1150. The Morgan fingerprint density at radius 3 is 2.55 bits per heavy atom. The van der Waals surface area contributed by atoms with E-state index in [9.17, 15) is 23.2 Å². The van der Waals surface area contributed by atoms with Crippen molar-refractivity contribution in [2.45, 2.75) is 38.8 Å². The molecule has 1 atom stereocenters. The molecule has 2 heterocycles. The number of Topliss-reactive ketones (excluding diaryl/α,β-unsaturated/α-hetero) is 1. The van der Waals surface area contributed by atoms with Crippen LogP contribution >= 0.6 is 11.3 Å². The Labute approximate surface area is 182 Å². The van der Waals surface area contributed by atoms with Gasteiger partial charge >= 0.3 is 6.18 Å². The molecule has 8 heteroatoms. The number of carbonyl (C=O) groups is 1. The Balaban J connectivity index is 2.04. The molecule has 1 aromatic heterocycles. The van der Waals surface area contributed by atoms with Crippen molar-refractivity contribution in [3.8, 4) is 6.07 Å². The van der Waals surface area contributed by atoms with Crippen LogP contribution in [-0.2, 0) is 11.0 Å². The van der Waals surface area contributed by atoms with E-state index in [4.69, 9.17) is 5.73 Å². The Hall–Kier alpha value is -3.05. The van der Waals surface area contributed by atoms with Crippen LogP contribution in [0.3, 0.4) is 0 Å². The van der Waals surface area contributed by atoms with Crippen LogP contribution in [0.25, 0.3) is 0 Å². The van der Waals surface area contributed by atoms with Crippen molar-refractivity contribution >= 4 is 22.8 Å². The quantitative estimate of drug-likeness (QED) is 0.646. The van der Waals surface area contributed by atoms with Crippen molar-refractivity contribution < 1.29 is 18.0 Å². The van der Waals surface area contributed by atoms with Gasteiger partial charge in [-0.15, -0.1) is 0 Å². The number of thiophene rings is 1. The molecule has 0 saturated heterocycles. The summed E-state index contributed by atoms with van der Waals surface area (Å²) in [7, 11) is 0. The summed E-state index contributed by atoms with van der Waals surface area (Å²) >= 11 is 1.42. The fourth-order valence-electron chi connectivity index (χ4n) is 4.46. The molecule has 1 aliphatic heterocycles. The van der Waals surface area contributed by atoms with Gasteiger partial charge in [-0.3, -0.25) is 9.69 Å². The minimum Gasteiger partial charge on any atom is -0.384 e. The smallest absolute Gasteiger partial charge is 0.384 e. The largest absolute Gasteiger partial charge is 0.418 e. The number of rotatable bonds is 2. The highest BCUT2D eigenvalue weighted by Gasteiger charge is 2.46. The fraction of sp³-hybridized carbons (Fsp3) is 0.304. The molecular formula is C23H20F3N3OS. The standard InChI is InChI=1S/C23H20F3N3OS/c1-22(2)9-17-20(18(30)10-22)19(13-7-8-31-12-13)14(11-27)21(28)29(17)16-6-4-3-5-15(16)23(24,25)26/h3-8,12,19H,9-10,28H2,1-2H3/t19-/m0/s1. The van der Waals surface area contributed by atoms with Crippen LogP contribution in [-0.4, -0.2) is 5.78 Å².